The average Bonchev–Trinajstić information content (AvgIpc) is 3.93. The number of hydrogen-bond acceptors (Lipinski definition) is 10. The number of aryl methyl sites for hydroxylation is 1. The molecular weight excluding hydrogens is 908 g/mol. The number of carbonyl (C=O) groups is 5. The molecule has 0 aliphatic carbocycles. The fraction of sp³-hybridized carbons (Fsp3) is 0.500. The third-order valence-electron chi connectivity index (χ3n) is 13.6. The molecule has 2 aromatic heterocycles. The van der Waals surface area contributed by atoms with E-state index in [-0.39, 0.29) is 57.0 Å². The number of aromatic nitrogens is 2. The molecule has 18 heteroatoms. The Morgan fingerprint density at radius 3 is 2.53 bits per heavy atom. The molecule has 4 amide bonds. The van der Waals surface area contributed by atoms with Gasteiger partial charge >= 0.3 is 12.1 Å². The summed E-state index contributed by atoms with van der Waals surface area (Å²) in [7, 11) is 3.10. The molecule has 3 aliphatic rings. The van der Waals surface area contributed by atoms with Crippen molar-refractivity contribution in [3.8, 4) is 28.1 Å². The molecule has 2 saturated heterocycles. The molecule has 70 heavy (non-hydrogen) atoms. The zero-order valence-electron chi connectivity index (χ0n) is 41.1. The number of methoxy groups -OCH3 is 1. The molecule has 7 rings (SSSR count). The minimum Gasteiger partial charge on any atom is -0.508 e. The summed E-state index contributed by atoms with van der Waals surface area (Å²) < 4.78 is 52.5. The number of alkyl halides is 3. The summed E-state index contributed by atoms with van der Waals surface area (Å²) in [5, 5.41) is 16.5. The van der Waals surface area contributed by atoms with Crippen LogP contribution in [0.1, 0.15) is 83.7 Å². The van der Waals surface area contributed by atoms with Crippen molar-refractivity contribution in [3.63, 3.8) is 0 Å². The van der Waals surface area contributed by atoms with E-state index >= 15 is 0 Å². The molecule has 0 unspecified atom stereocenters. The number of nitrogens with zero attached hydrogens (tertiary/aromatic N) is 5. The topological polar surface area (TPSA) is 176 Å². The van der Waals surface area contributed by atoms with E-state index in [0.29, 0.717) is 43.0 Å². The van der Waals surface area contributed by atoms with Crippen LogP contribution in [0.5, 0.6) is 5.75 Å². The zero-order valence-corrected chi connectivity index (χ0v) is 41.1. The van der Waals surface area contributed by atoms with Gasteiger partial charge in [-0.05, 0) is 104 Å². The number of ether oxygens (including phenoxy) is 2. The first kappa shape index (κ1) is 51.6. The Morgan fingerprint density at radius 2 is 1.83 bits per heavy atom. The highest BCUT2D eigenvalue weighted by Gasteiger charge is 2.40. The lowest BCUT2D eigenvalue weighted by Crippen LogP contribution is -2.62. The van der Waals surface area contributed by atoms with Crippen LogP contribution in [0.2, 0.25) is 0 Å². The maximum absolute atomic E-state index is 14.7. The number of aromatic hydroxyl groups is 1. The van der Waals surface area contributed by atoms with E-state index < -0.39 is 71.2 Å². The lowest BCUT2D eigenvalue weighted by molar-refractivity contribution is -0.155. The predicted octanol–water partition coefficient (Wildman–Crippen LogP) is 6.90. The maximum atomic E-state index is 14.7. The van der Waals surface area contributed by atoms with Crippen LogP contribution in [0.3, 0.4) is 0 Å². The fourth-order valence-electron chi connectivity index (χ4n) is 10.1. The number of carbonyl (C=O) groups excluding carboxylic acids is 5. The summed E-state index contributed by atoms with van der Waals surface area (Å²) in [5.74, 6) is -4.40. The number of fused-ring (bicyclic) bond motifs is 6. The Hall–Kier alpha value is -6.27. The van der Waals surface area contributed by atoms with Gasteiger partial charge < -0.3 is 34.3 Å². The number of hydrogen-bond donors (Lipinski definition) is 3. The van der Waals surface area contributed by atoms with Gasteiger partial charge in [0.15, 0.2) is 0 Å². The minimum atomic E-state index is -4.67. The number of amides is 4. The number of esters is 1. The molecule has 2 fully saturated rings. The number of likely N-dealkylation sites (N-methyl/N-ethyl adjacent to an activating group) is 1. The highest BCUT2D eigenvalue weighted by Crippen LogP contribution is 2.42. The minimum absolute atomic E-state index is 0.0590. The molecule has 5 heterocycles. The van der Waals surface area contributed by atoms with Crippen molar-refractivity contribution in [1.29, 1.82) is 0 Å². The number of rotatable bonds is 10. The van der Waals surface area contributed by atoms with Gasteiger partial charge in [0, 0.05) is 87.0 Å². The number of phenols is 1. The second kappa shape index (κ2) is 21.0. The first-order valence-electron chi connectivity index (χ1n) is 23.9. The van der Waals surface area contributed by atoms with Crippen molar-refractivity contribution in [1.82, 2.24) is 35.1 Å². The maximum Gasteiger partial charge on any atom is 0.409 e. The van der Waals surface area contributed by atoms with E-state index in [1.165, 1.54) is 27.9 Å². The Morgan fingerprint density at radius 1 is 1.07 bits per heavy atom. The van der Waals surface area contributed by atoms with E-state index in [1.54, 1.807) is 33.2 Å². The van der Waals surface area contributed by atoms with Gasteiger partial charge in [-0.2, -0.15) is 13.2 Å². The molecule has 0 radical (unpaired) electrons. The van der Waals surface area contributed by atoms with Crippen LogP contribution in [0.25, 0.3) is 33.3 Å². The summed E-state index contributed by atoms with van der Waals surface area (Å²) in [4.78, 5) is 76.9. The van der Waals surface area contributed by atoms with Gasteiger partial charge in [-0.1, -0.05) is 39.8 Å². The summed E-state index contributed by atoms with van der Waals surface area (Å²) in [6, 6.07) is 11.9. The van der Waals surface area contributed by atoms with Crippen molar-refractivity contribution >= 4 is 40.5 Å². The van der Waals surface area contributed by atoms with Crippen LogP contribution < -0.4 is 10.7 Å². The Bertz CT molecular complexity index is 2660. The highest BCUT2D eigenvalue weighted by molar-refractivity contribution is 5.96. The number of benzene rings is 2. The van der Waals surface area contributed by atoms with E-state index in [9.17, 15) is 42.3 Å². The van der Waals surface area contributed by atoms with Crippen LogP contribution in [0.15, 0.2) is 66.9 Å². The van der Waals surface area contributed by atoms with Gasteiger partial charge in [-0.3, -0.25) is 34.0 Å². The second-order valence-electron chi connectivity index (χ2n) is 19.8. The standard InChI is InChI=1S/C52H64F3N7O8/c1-9-61-42-15-14-33-26-38(42)39(46(61)37-12-10-19-56-44(37)31(4)69-8)27-51(5,6)29-70-50(68)40-13-11-20-62(58-40)49(67)41(24-32-22-35(33)25-36(63)23-32)57-47(65)45(30(2)3)59(7)48(66)34-17-21-60(28-34)43(64)16-18-52(53,54)55/h10,12,14-16,18-19,22-23,25-26,30-31,34,40-41,45,58,63H,9,11,13,17,20-21,24,27-29H2,1-8H3,(H,57,65)/b18-16+/t31-,34-,40-,41-,45-/m0/s1. The number of allylic oxidation sites excluding steroid dienone is 1. The summed E-state index contributed by atoms with van der Waals surface area (Å²) in [6.45, 7) is 12.5. The molecule has 6 bridgehead atoms. The first-order valence-corrected chi connectivity index (χ1v) is 23.9. The van der Waals surface area contributed by atoms with Crippen LogP contribution in [-0.4, -0.2) is 124 Å². The molecular formula is C52H64F3N7O8. The lowest BCUT2D eigenvalue weighted by Gasteiger charge is -2.37. The SMILES string of the molecule is CCn1c(-c2cccnc2[C@H](C)OC)c2c3cc(ccc31)-c1cc(O)cc(c1)C[C@H](NC(=O)[C@H](C(C)C)N(C)C(=O)[C@H]1CCN(C(=O)/C=C/C(F)(F)F)C1)C(=O)N1CCC[C@H](N1)C(=O)OCC(C)(C)C2. The largest absolute Gasteiger partial charge is 0.508 e. The number of cyclic esters (lactones) is 1. The van der Waals surface area contributed by atoms with Crippen molar-refractivity contribution in [3.05, 3.63) is 83.7 Å². The highest BCUT2D eigenvalue weighted by atomic mass is 19.4. The van der Waals surface area contributed by atoms with Crippen molar-refractivity contribution in [2.75, 3.05) is 40.4 Å². The van der Waals surface area contributed by atoms with Gasteiger partial charge in [0.1, 0.15) is 23.9 Å². The van der Waals surface area contributed by atoms with Gasteiger partial charge in [0.2, 0.25) is 17.7 Å². The third-order valence-corrected chi connectivity index (χ3v) is 13.6. The van der Waals surface area contributed by atoms with E-state index in [1.807, 2.05) is 45.0 Å². The summed E-state index contributed by atoms with van der Waals surface area (Å²) in [5.41, 5.74) is 9.10. The monoisotopic (exact) mass is 971 g/mol. The predicted molar refractivity (Wildman–Crippen MR) is 257 cm³/mol. The van der Waals surface area contributed by atoms with Gasteiger partial charge in [-0.25, -0.2) is 5.43 Å². The Kier molecular flexibility index (Phi) is 15.5. The smallest absolute Gasteiger partial charge is 0.409 e. The fourth-order valence-corrected chi connectivity index (χ4v) is 10.1. The van der Waals surface area contributed by atoms with Gasteiger partial charge in [-0.15, -0.1) is 0 Å². The van der Waals surface area contributed by atoms with Gasteiger partial charge in [0.25, 0.3) is 5.91 Å². The quantitative estimate of drug-likeness (QED) is 0.112. The molecule has 15 nitrogen and oxygen atoms in total. The second-order valence-corrected chi connectivity index (χ2v) is 19.8. The normalized spacial score (nSPS) is 20.9. The Balaban J connectivity index is 1.27. The molecule has 5 atom stereocenters. The van der Waals surface area contributed by atoms with E-state index in [4.69, 9.17) is 14.5 Å². The average molecular weight is 972 g/mol. The van der Waals surface area contributed by atoms with Crippen LogP contribution in [0, 0.1) is 17.3 Å². The van der Waals surface area contributed by atoms with Crippen LogP contribution >= 0.6 is 0 Å². The first-order chi connectivity index (χ1) is 33.1. The lowest BCUT2D eigenvalue weighted by atomic mass is 9.84. The number of nitrogens with one attached hydrogen (secondary N) is 2. The van der Waals surface area contributed by atoms with Crippen molar-refractivity contribution < 1.29 is 51.7 Å². The molecule has 0 spiro atoms. The van der Waals surface area contributed by atoms with Crippen LogP contribution in [-0.2, 0) is 52.8 Å². The molecule has 3 aliphatic heterocycles. The third kappa shape index (κ3) is 11.3. The number of phenolic OH excluding ortho intramolecular Hbond substituents is 1. The van der Waals surface area contributed by atoms with E-state index in [0.717, 1.165) is 39.0 Å². The van der Waals surface area contributed by atoms with Crippen molar-refractivity contribution in [2.24, 2.45) is 17.3 Å². The Labute approximate surface area is 406 Å². The van der Waals surface area contributed by atoms with E-state index in [2.05, 4.69) is 34.4 Å². The molecule has 376 valence electrons. The summed E-state index contributed by atoms with van der Waals surface area (Å²) >= 11 is 0. The number of likely N-dealkylation sites (tertiary alicyclic amines) is 1. The number of halogens is 3. The molecule has 3 N–H and O–H groups in total. The zero-order chi connectivity index (χ0) is 50.8. The number of hydrazine groups is 1. The van der Waals surface area contributed by atoms with Gasteiger partial charge in [0.05, 0.1) is 30.0 Å². The molecule has 2 aromatic carbocycles. The number of pyridine rings is 1. The van der Waals surface area contributed by atoms with Crippen LogP contribution in [0.4, 0.5) is 13.2 Å². The van der Waals surface area contributed by atoms with Crippen molar-refractivity contribution in [2.45, 2.75) is 111 Å². The molecule has 0 saturated carbocycles. The summed E-state index contributed by atoms with van der Waals surface area (Å²) in [6.07, 6.45) is -1.50. The molecule has 4 aromatic rings.